The molecule has 2 heteroatoms. The van der Waals surface area contributed by atoms with Crippen molar-refractivity contribution in [1.29, 1.82) is 0 Å². The van der Waals surface area contributed by atoms with E-state index in [9.17, 15) is 0 Å². The van der Waals surface area contributed by atoms with Gasteiger partial charge in [-0.15, -0.1) is 0 Å². The van der Waals surface area contributed by atoms with Gasteiger partial charge in [0.2, 0.25) is 0 Å². The molecular formula is C20H28N2. The molecule has 2 N–H and O–H groups in total. The molecule has 0 radical (unpaired) electrons. The predicted octanol–water partition coefficient (Wildman–Crippen LogP) is 4.38. The van der Waals surface area contributed by atoms with Crippen LogP contribution >= 0.6 is 0 Å². The van der Waals surface area contributed by atoms with E-state index in [1.807, 2.05) is 6.07 Å². The largest absolute Gasteiger partial charge is 0.324 e. The Morgan fingerprint density at radius 3 is 2.18 bits per heavy atom. The van der Waals surface area contributed by atoms with Gasteiger partial charge in [0.05, 0.1) is 0 Å². The molecule has 0 fully saturated rings. The number of rotatable bonds is 9. The summed E-state index contributed by atoms with van der Waals surface area (Å²) in [5.74, 6) is 0. The van der Waals surface area contributed by atoms with Gasteiger partial charge in [0.1, 0.15) is 0 Å². The van der Waals surface area contributed by atoms with E-state index in [4.69, 9.17) is 5.73 Å². The van der Waals surface area contributed by atoms with Crippen molar-refractivity contribution in [2.24, 2.45) is 5.73 Å². The van der Waals surface area contributed by atoms with Crippen molar-refractivity contribution < 1.29 is 0 Å². The van der Waals surface area contributed by atoms with Crippen LogP contribution in [-0.4, -0.2) is 18.0 Å². The molecule has 0 amide bonds. The average Bonchev–Trinajstić information content (AvgIpc) is 2.59. The highest BCUT2D eigenvalue weighted by molar-refractivity contribution is 5.18. The minimum absolute atomic E-state index is 0.172. The summed E-state index contributed by atoms with van der Waals surface area (Å²) in [5, 5.41) is 0. The quantitative estimate of drug-likeness (QED) is 0.696. The van der Waals surface area contributed by atoms with E-state index in [1.165, 1.54) is 24.0 Å². The summed E-state index contributed by atoms with van der Waals surface area (Å²) in [6, 6.07) is 21.3. The maximum Gasteiger partial charge on any atom is 0.0294 e. The second kappa shape index (κ2) is 9.39. The molecule has 0 aliphatic carbocycles. The van der Waals surface area contributed by atoms with Gasteiger partial charge < -0.3 is 5.73 Å². The van der Waals surface area contributed by atoms with Crippen LogP contribution in [0.1, 0.15) is 43.4 Å². The Balaban J connectivity index is 1.68. The Bertz CT molecular complexity index is 510. The summed E-state index contributed by atoms with van der Waals surface area (Å²) in [6.45, 7) is 5.52. The van der Waals surface area contributed by atoms with Crippen LogP contribution in [0.3, 0.4) is 0 Å². The van der Waals surface area contributed by atoms with Crippen molar-refractivity contribution in [3.8, 4) is 0 Å². The van der Waals surface area contributed by atoms with Crippen molar-refractivity contribution >= 4 is 0 Å². The predicted molar refractivity (Wildman–Crippen MR) is 94.6 cm³/mol. The van der Waals surface area contributed by atoms with Crippen LogP contribution in [0.15, 0.2) is 60.7 Å². The summed E-state index contributed by atoms with van der Waals surface area (Å²) < 4.78 is 0. The molecule has 0 aliphatic rings. The van der Waals surface area contributed by atoms with Crippen LogP contribution in [0.25, 0.3) is 0 Å². The van der Waals surface area contributed by atoms with Crippen LogP contribution in [0.4, 0.5) is 0 Å². The van der Waals surface area contributed by atoms with Crippen LogP contribution in [0, 0.1) is 0 Å². The molecule has 1 atom stereocenters. The second-order valence-electron chi connectivity index (χ2n) is 5.87. The normalized spacial score (nSPS) is 12.5. The van der Waals surface area contributed by atoms with E-state index in [2.05, 4.69) is 66.4 Å². The van der Waals surface area contributed by atoms with Crippen molar-refractivity contribution in [2.45, 2.75) is 38.8 Å². The van der Waals surface area contributed by atoms with Gasteiger partial charge in [-0.1, -0.05) is 74.0 Å². The Kier molecular flexibility index (Phi) is 7.14. The smallest absolute Gasteiger partial charge is 0.0294 e. The van der Waals surface area contributed by atoms with Crippen LogP contribution < -0.4 is 5.73 Å². The Labute approximate surface area is 135 Å². The summed E-state index contributed by atoms with van der Waals surface area (Å²) in [4.78, 5) is 2.50. The zero-order valence-corrected chi connectivity index (χ0v) is 13.6. The molecule has 22 heavy (non-hydrogen) atoms. The third kappa shape index (κ3) is 5.63. The molecule has 2 aromatic carbocycles. The van der Waals surface area contributed by atoms with Gasteiger partial charge in [-0.3, -0.25) is 4.90 Å². The lowest BCUT2D eigenvalue weighted by molar-refractivity contribution is 0.272. The fourth-order valence-corrected chi connectivity index (χ4v) is 2.76. The summed E-state index contributed by atoms with van der Waals surface area (Å²) in [7, 11) is 0. The van der Waals surface area contributed by atoms with Crippen molar-refractivity contribution in [3.63, 3.8) is 0 Å². The van der Waals surface area contributed by atoms with Gasteiger partial charge in [-0.2, -0.15) is 0 Å². The molecule has 0 heterocycles. The number of benzene rings is 2. The second-order valence-corrected chi connectivity index (χ2v) is 5.87. The van der Waals surface area contributed by atoms with Crippen LogP contribution in [-0.2, 0) is 6.54 Å². The fourth-order valence-electron chi connectivity index (χ4n) is 2.76. The fraction of sp³-hybridized carbons (Fsp3) is 0.400. The van der Waals surface area contributed by atoms with E-state index in [-0.39, 0.29) is 6.04 Å². The highest BCUT2D eigenvalue weighted by Gasteiger charge is 2.07. The highest BCUT2D eigenvalue weighted by atomic mass is 15.1. The van der Waals surface area contributed by atoms with E-state index in [0.717, 1.165) is 26.1 Å². The molecule has 0 spiro atoms. The zero-order chi connectivity index (χ0) is 15.6. The molecule has 2 aromatic rings. The number of nitrogens with zero attached hydrogens (tertiary/aromatic N) is 1. The van der Waals surface area contributed by atoms with Gasteiger partial charge in [-0.25, -0.2) is 0 Å². The first-order valence-corrected chi connectivity index (χ1v) is 8.36. The van der Waals surface area contributed by atoms with Crippen molar-refractivity contribution in [1.82, 2.24) is 4.90 Å². The third-order valence-corrected chi connectivity index (χ3v) is 4.16. The summed E-state index contributed by atoms with van der Waals surface area (Å²) in [6.07, 6.45) is 3.45. The Morgan fingerprint density at radius 1 is 0.909 bits per heavy atom. The maximum atomic E-state index is 6.25. The van der Waals surface area contributed by atoms with Crippen molar-refractivity contribution in [2.75, 3.05) is 13.1 Å². The lowest BCUT2D eigenvalue weighted by Gasteiger charge is -2.21. The van der Waals surface area contributed by atoms with Gasteiger partial charge in [0.15, 0.2) is 0 Å². The molecule has 1 unspecified atom stereocenters. The molecule has 0 bridgehead atoms. The average molecular weight is 296 g/mol. The summed E-state index contributed by atoms with van der Waals surface area (Å²) >= 11 is 0. The molecule has 118 valence electrons. The monoisotopic (exact) mass is 296 g/mol. The number of nitrogens with two attached hydrogens (primary N) is 1. The van der Waals surface area contributed by atoms with Gasteiger partial charge in [0, 0.05) is 12.6 Å². The molecule has 2 rings (SSSR count). The van der Waals surface area contributed by atoms with E-state index in [0.29, 0.717) is 0 Å². The molecule has 0 aliphatic heterocycles. The van der Waals surface area contributed by atoms with E-state index in [1.54, 1.807) is 0 Å². The van der Waals surface area contributed by atoms with Gasteiger partial charge in [0.25, 0.3) is 0 Å². The van der Waals surface area contributed by atoms with E-state index >= 15 is 0 Å². The van der Waals surface area contributed by atoms with Crippen LogP contribution in [0.2, 0.25) is 0 Å². The van der Waals surface area contributed by atoms with Crippen molar-refractivity contribution in [3.05, 3.63) is 71.8 Å². The standard InChI is InChI=1S/C20H28N2/c1-2-22(17-18-11-5-3-6-12-18)16-10-9-15-20(21)19-13-7-4-8-14-19/h3-8,11-14,20H,2,9-10,15-17,21H2,1H3. The molecule has 0 saturated heterocycles. The third-order valence-electron chi connectivity index (χ3n) is 4.16. The first-order valence-electron chi connectivity index (χ1n) is 8.36. The summed E-state index contributed by atoms with van der Waals surface area (Å²) in [5.41, 5.74) is 8.90. The first kappa shape index (κ1) is 16.7. The molecule has 0 aromatic heterocycles. The lowest BCUT2D eigenvalue weighted by Crippen LogP contribution is -2.24. The van der Waals surface area contributed by atoms with Crippen LogP contribution in [0.5, 0.6) is 0 Å². The number of unbranched alkanes of at least 4 members (excludes halogenated alkanes) is 1. The molecule has 2 nitrogen and oxygen atoms in total. The Morgan fingerprint density at radius 2 is 1.55 bits per heavy atom. The first-order chi connectivity index (χ1) is 10.8. The Hall–Kier alpha value is -1.64. The zero-order valence-electron chi connectivity index (χ0n) is 13.6. The van der Waals surface area contributed by atoms with E-state index < -0.39 is 0 Å². The topological polar surface area (TPSA) is 29.3 Å². The number of hydrogen-bond donors (Lipinski definition) is 1. The van der Waals surface area contributed by atoms with Gasteiger partial charge >= 0.3 is 0 Å². The highest BCUT2D eigenvalue weighted by Crippen LogP contribution is 2.16. The molecule has 0 saturated carbocycles. The van der Waals surface area contributed by atoms with Gasteiger partial charge in [-0.05, 0) is 37.1 Å². The minimum atomic E-state index is 0.172. The minimum Gasteiger partial charge on any atom is -0.324 e. The number of hydrogen-bond acceptors (Lipinski definition) is 2. The SMILES string of the molecule is CCN(CCCCC(N)c1ccccc1)Cc1ccccc1. The lowest BCUT2D eigenvalue weighted by atomic mass is 10.0. The maximum absolute atomic E-state index is 6.25. The molecular weight excluding hydrogens is 268 g/mol.